The molecule has 1 aliphatic heterocycles. The Hall–Kier alpha value is -2.80. The molecule has 0 atom stereocenters. The van der Waals surface area contributed by atoms with Crippen molar-refractivity contribution in [1.82, 2.24) is 19.7 Å². The fourth-order valence-corrected chi connectivity index (χ4v) is 4.77. The molecule has 6 nitrogen and oxygen atoms in total. The molecular weight excluding hydrogens is 408 g/mol. The zero-order valence-electron chi connectivity index (χ0n) is 18.2. The number of amides is 1. The number of carbonyl (C=O) groups excluding carboxylic acids is 1. The van der Waals surface area contributed by atoms with Gasteiger partial charge < -0.3 is 9.64 Å². The highest BCUT2D eigenvalue weighted by Crippen LogP contribution is 2.30. The van der Waals surface area contributed by atoms with Crippen LogP contribution in [0.4, 0.5) is 0 Å². The van der Waals surface area contributed by atoms with Crippen LogP contribution in [0.15, 0.2) is 53.7 Å². The van der Waals surface area contributed by atoms with Gasteiger partial charge in [0.15, 0.2) is 5.16 Å². The number of hydrogen-bond donors (Lipinski definition) is 0. The van der Waals surface area contributed by atoms with Crippen LogP contribution in [0.1, 0.15) is 54.4 Å². The van der Waals surface area contributed by atoms with E-state index < -0.39 is 0 Å². The maximum atomic E-state index is 13.0. The number of thioether (sulfide) groups is 1. The zero-order valence-corrected chi connectivity index (χ0v) is 19.1. The average Bonchev–Trinajstić information content (AvgIpc) is 3.48. The van der Waals surface area contributed by atoms with Gasteiger partial charge in [0.1, 0.15) is 11.6 Å². The SMILES string of the molecule is COc1ccc(-n2c(SCc3ccccc3C(=O)N3CCCC3)nnc2C(C)C)cc1. The second kappa shape index (κ2) is 9.56. The molecule has 0 saturated carbocycles. The molecule has 4 rings (SSSR count). The number of hydrogen-bond acceptors (Lipinski definition) is 5. The van der Waals surface area contributed by atoms with Crippen molar-refractivity contribution in [3.63, 3.8) is 0 Å². The zero-order chi connectivity index (χ0) is 21.8. The largest absolute Gasteiger partial charge is 0.497 e. The molecule has 1 aromatic heterocycles. The fraction of sp³-hybridized carbons (Fsp3) is 0.375. The third-order valence-electron chi connectivity index (χ3n) is 5.50. The summed E-state index contributed by atoms with van der Waals surface area (Å²) in [6.07, 6.45) is 2.18. The summed E-state index contributed by atoms with van der Waals surface area (Å²) >= 11 is 1.60. The molecular formula is C24H28N4O2S. The van der Waals surface area contributed by atoms with Gasteiger partial charge in [0.2, 0.25) is 0 Å². The maximum absolute atomic E-state index is 13.0. The first-order valence-corrected chi connectivity index (χ1v) is 11.7. The second-order valence-corrected chi connectivity index (χ2v) is 8.92. The summed E-state index contributed by atoms with van der Waals surface area (Å²) in [5.74, 6) is 2.74. The van der Waals surface area contributed by atoms with Crippen molar-refractivity contribution in [1.29, 1.82) is 0 Å². The van der Waals surface area contributed by atoms with Gasteiger partial charge in [0.25, 0.3) is 5.91 Å². The number of aromatic nitrogens is 3. The molecule has 0 aliphatic carbocycles. The first kappa shape index (κ1) is 21.4. The Morgan fingerprint density at radius 1 is 1.06 bits per heavy atom. The van der Waals surface area contributed by atoms with Crippen LogP contribution in [0.5, 0.6) is 5.75 Å². The summed E-state index contributed by atoms with van der Waals surface area (Å²) in [5.41, 5.74) is 2.81. The highest BCUT2D eigenvalue weighted by Gasteiger charge is 2.22. The summed E-state index contributed by atoms with van der Waals surface area (Å²) in [7, 11) is 1.66. The van der Waals surface area contributed by atoms with Gasteiger partial charge in [-0.1, -0.05) is 43.8 Å². The smallest absolute Gasteiger partial charge is 0.254 e. The van der Waals surface area contributed by atoms with Gasteiger partial charge in [-0.25, -0.2) is 0 Å². The van der Waals surface area contributed by atoms with Crippen LogP contribution in [-0.2, 0) is 5.75 Å². The Morgan fingerprint density at radius 3 is 2.45 bits per heavy atom. The number of likely N-dealkylation sites (tertiary alicyclic amines) is 1. The summed E-state index contributed by atoms with van der Waals surface area (Å²) < 4.78 is 7.39. The predicted molar refractivity (Wildman–Crippen MR) is 123 cm³/mol. The highest BCUT2D eigenvalue weighted by atomic mass is 32.2. The Bertz CT molecular complexity index is 1040. The number of ether oxygens (including phenoxy) is 1. The molecule has 1 amide bonds. The average molecular weight is 437 g/mol. The van der Waals surface area contributed by atoms with Crippen molar-refractivity contribution < 1.29 is 9.53 Å². The lowest BCUT2D eigenvalue weighted by Crippen LogP contribution is -2.28. The van der Waals surface area contributed by atoms with E-state index in [0.29, 0.717) is 5.75 Å². The lowest BCUT2D eigenvalue weighted by atomic mass is 10.1. The lowest BCUT2D eigenvalue weighted by molar-refractivity contribution is 0.0792. The predicted octanol–water partition coefficient (Wildman–Crippen LogP) is 4.93. The third-order valence-corrected chi connectivity index (χ3v) is 6.48. The molecule has 162 valence electrons. The van der Waals surface area contributed by atoms with Gasteiger partial charge >= 0.3 is 0 Å². The number of benzene rings is 2. The van der Waals surface area contributed by atoms with Crippen LogP contribution in [-0.4, -0.2) is 45.8 Å². The summed E-state index contributed by atoms with van der Waals surface area (Å²) in [5, 5.41) is 9.74. The minimum Gasteiger partial charge on any atom is -0.497 e. The molecule has 2 aromatic carbocycles. The molecule has 31 heavy (non-hydrogen) atoms. The van der Waals surface area contributed by atoms with E-state index in [9.17, 15) is 4.79 Å². The molecule has 3 aromatic rings. The Labute approximate surface area is 187 Å². The Kier molecular flexibility index (Phi) is 6.61. The van der Waals surface area contributed by atoms with Gasteiger partial charge in [-0.3, -0.25) is 9.36 Å². The molecule has 0 radical (unpaired) electrons. The van der Waals surface area contributed by atoms with E-state index in [0.717, 1.165) is 59.5 Å². The van der Waals surface area contributed by atoms with Crippen molar-refractivity contribution in [3.8, 4) is 11.4 Å². The van der Waals surface area contributed by atoms with Crippen molar-refractivity contribution in [2.45, 2.75) is 43.5 Å². The van der Waals surface area contributed by atoms with Crippen LogP contribution in [0.25, 0.3) is 5.69 Å². The molecule has 0 unspecified atom stereocenters. The fourth-order valence-electron chi connectivity index (χ4n) is 3.81. The highest BCUT2D eigenvalue weighted by molar-refractivity contribution is 7.98. The first-order valence-electron chi connectivity index (χ1n) is 10.7. The number of rotatable bonds is 7. The normalized spacial score (nSPS) is 13.7. The van der Waals surface area contributed by atoms with Crippen molar-refractivity contribution in [2.24, 2.45) is 0 Å². The molecule has 0 N–H and O–H groups in total. The molecule has 7 heteroatoms. The summed E-state index contributed by atoms with van der Waals surface area (Å²) in [4.78, 5) is 15.0. The second-order valence-electron chi connectivity index (χ2n) is 7.97. The monoisotopic (exact) mass is 436 g/mol. The van der Waals surface area contributed by atoms with E-state index in [2.05, 4.69) is 28.6 Å². The van der Waals surface area contributed by atoms with Crippen LogP contribution in [0.3, 0.4) is 0 Å². The Balaban J connectivity index is 1.60. The summed E-state index contributed by atoms with van der Waals surface area (Å²) in [6, 6.07) is 15.8. The van der Waals surface area contributed by atoms with Crippen LogP contribution >= 0.6 is 11.8 Å². The number of nitrogens with zero attached hydrogens (tertiary/aromatic N) is 4. The van der Waals surface area contributed by atoms with Crippen molar-refractivity contribution in [3.05, 3.63) is 65.5 Å². The van der Waals surface area contributed by atoms with Crippen LogP contribution < -0.4 is 4.74 Å². The van der Waals surface area contributed by atoms with Gasteiger partial charge in [0.05, 0.1) is 7.11 Å². The van der Waals surface area contributed by atoms with Crippen molar-refractivity contribution >= 4 is 17.7 Å². The number of carbonyl (C=O) groups is 1. The standard InChI is InChI=1S/C24H28N4O2S/c1-17(2)22-25-26-24(28(22)19-10-12-20(30-3)13-11-19)31-16-18-8-4-5-9-21(18)23(29)27-14-6-7-15-27/h4-5,8-13,17H,6-7,14-16H2,1-3H3. The van der Waals surface area contributed by atoms with Crippen LogP contribution in [0.2, 0.25) is 0 Å². The number of methoxy groups -OCH3 is 1. The van der Waals surface area contributed by atoms with E-state index in [4.69, 9.17) is 4.74 Å². The molecule has 1 fully saturated rings. The maximum Gasteiger partial charge on any atom is 0.254 e. The van der Waals surface area contributed by atoms with E-state index in [-0.39, 0.29) is 11.8 Å². The molecule has 2 heterocycles. The van der Waals surface area contributed by atoms with E-state index in [1.54, 1.807) is 18.9 Å². The molecule has 0 bridgehead atoms. The quantitative estimate of drug-likeness (QED) is 0.492. The Morgan fingerprint density at radius 2 is 1.77 bits per heavy atom. The molecule has 1 saturated heterocycles. The van der Waals surface area contributed by atoms with Gasteiger partial charge in [-0.05, 0) is 48.7 Å². The lowest BCUT2D eigenvalue weighted by Gasteiger charge is -2.17. The molecule has 0 spiro atoms. The third kappa shape index (κ3) is 4.61. The van der Waals surface area contributed by atoms with Crippen molar-refractivity contribution in [2.75, 3.05) is 20.2 Å². The first-order chi connectivity index (χ1) is 15.1. The summed E-state index contributed by atoms with van der Waals surface area (Å²) in [6.45, 7) is 5.93. The topological polar surface area (TPSA) is 60.2 Å². The van der Waals surface area contributed by atoms with Gasteiger partial charge in [-0.15, -0.1) is 10.2 Å². The van der Waals surface area contributed by atoms with Gasteiger partial charge in [-0.2, -0.15) is 0 Å². The molecule has 1 aliphatic rings. The van der Waals surface area contributed by atoms with Gasteiger partial charge in [0, 0.05) is 36.0 Å². The van der Waals surface area contributed by atoms with E-state index in [1.807, 2.05) is 53.4 Å². The van der Waals surface area contributed by atoms with E-state index in [1.165, 1.54) is 0 Å². The minimum atomic E-state index is 0.133. The minimum absolute atomic E-state index is 0.133. The van der Waals surface area contributed by atoms with E-state index >= 15 is 0 Å². The van der Waals surface area contributed by atoms with Crippen LogP contribution in [0, 0.1) is 0 Å².